The number of hydrogen-bond donors (Lipinski definition) is 3. The largest absolute Gasteiger partial charge is 0.418 e. The molecule has 0 spiro atoms. The highest BCUT2D eigenvalue weighted by Gasteiger charge is 2.33. The predicted octanol–water partition coefficient (Wildman–Crippen LogP) is 1.25. The van der Waals surface area contributed by atoms with E-state index in [1.165, 1.54) is 12.1 Å². The second-order valence-corrected chi connectivity index (χ2v) is 3.19. The van der Waals surface area contributed by atoms with Crippen LogP contribution in [-0.4, -0.2) is 6.54 Å². The van der Waals surface area contributed by atoms with E-state index in [1.807, 2.05) is 0 Å². The lowest BCUT2D eigenvalue weighted by Gasteiger charge is -2.14. The van der Waals surface area contributed by atoms with Gasteiger partial charge in [-0.2, -0.15) is 13.2 Å². The summed E-state index contributed by atoms with van der Waals surface area (Å²) in [7, 11) is 0. The number of nitrogens with two attached hydrogens (primary N) is 3. The van der Waals surface area contributed by atoms with Crippen LogP contribution in [0.5, 0.6) is 0 Å². The number of hydrogen-bond acceptors (Lipinski definition) is 3. The molecule has 0 heterocycles. The average molecular weight is 219 g/mol. The minimum atomic E-state index is -4.46. The molecule has 1 aromatic rings. The quantitative estimate of drug-likeness (QED) is 0.655. The van der Waals surface area contributed by atoms with Gasteiger partial charge < -0.3 is 17.2 Å². The molecule has 15 heavy (non-hydrogen) atoms. The molecule has 0 unspecified atom stereocenters. The molecule has 0 saturated carbocycles. The topological polar surface area (TPSA) is 78.1 Å². The fourth-order valence-corrected chi connectivity index (χ4v) is 1.19. The monoisotopic (exact) mass is 219 g/mol. The highest BCUT2D eigenvalue weighted by molar-refractivity contribution is 5.50. The minimum absolute atomic E-state index is 0.0845. The summed E-state index contributed by atoms with van der Waals surface area (Å²) < 4.78 is 37.3. The van der Waals surface area contributed by atoms with Crippen LogP contribution in [0.4, 0.5) is 18.9 Å². The van der Waals surface area contributed by atoms with Crippen molar-refractivity contribution in [2.24, 2.45) is 11.5 Å². The van der Waals surface area contributed by atoms with Crippen molar-refractivity contribution in [2.45, 2.75) is 12.2 Å². The van der Waals surface area contributed by atoms with Gasteiger partial charge in [0.15, 0.2) is 0 Å². The Balaban J connectivity index is 3.17. The van der Waals surface area contributed by atoms with E-state index >= 15 is 0 Å². The lowest BCUT2D eigenvalue weighted by molar-refractivity contribution is -0.136. The zero-order valence-electron chi connectivity index (χ0n) is 7.88. The summed E-state index contributed by atoms with van der Waals surface area (Å²) in [4.78, 5) is 0. The Morgan fingerprint density at radius 3 is 2.33 bits per heavy atom. The van der Waals surface area contributed by atoms with Crippen molar-refractivity contribution in [1.82, 2.24) is 0 Å². The molecule has 6 heteroatoms. The number of rotatable bonds is 2. The Morgan fingerprint density at radius 1 is 1.27 bits per heavy atom. The third-order valence-corrected chi connectivity index (χ3v) is 2.06. The number of halogens is 3. The van der Waals surface area contributed by atoms with Crippen molar-refractivity contribution in [1.29, 1.82) is 0 Å². The maximum absolute atomic E-state index is 12.4. The van der Waals surface area contributed by atoms with Crippen molar-refractivity contribution in [2.75, 3.05) is 12.3 Å². The molecular formula is C9H12F3N3. The van der Waals surface area contributed by atoms with Crippen molar-refractivity contribution in [3.63, 3.8) is 0 Å². The van der Waals surface area contributed by atoms with Crippen LogP contribution in [0.3, 0.4) is 0 Å². The molecule has 1 atom stereocenters. The van der Waals surface area contributed by atoms with Gasteiger partial charge in [0.25, 0.3) is 0 Å². The van der Waals surface area contributed by atoms with Crippen LogP contribution < -0.4 is 17.2 Å². The van der Waals surface area contributed by atoms with Gasteiger partial charge in [-0.3, -0.25) is 0 Å². The Morgan fingerprint density at radius 2 is 1.87 bits per heavy atom. The molecule has 3 nitrogen and oxygen atoms in total. The minimum Gasteiger partial charge on any atom is -0.398 e. The van der Waals surface area contributed by atoms with Gasteiger partial charge in [0, 0.05) is 18.3 Å². The van der Waals surface area contributed by atoms with Crippen molar-refractivity contribution >= 4 is 5.69 Å². The first-order valence-corrected chi connectivity index (χ1v) is 4.28. The number of benzene rings is 1. The van der Waals surface area contributed by atoms with E-state index < -0.39 is 17.8 Å². The van der Waals surface area contributed by atoms with Crippen LogP contribution >= 0.6 is 0 Å². The van der Waals surface area contributed by atoms with Crippen molar-refractivity contribution in [3.8, 4) is 0 Å². The zero-order valence-corrected chi connectivity index (χ0v) is 7.88. The molecule has 0 aliphatic rings. The molecule has 0 radical (unpaired) electrons. The first-order chi connectivity index (χ1) is 6.86. The molecule has 1 aromatic carbocycles. The van der Waals surface area contributed by atoms with E-state index in [4.69, 9.17) is 17.2 Å². The van der Waals surface area contributed by atoms with Gasteiger partial charge in [-0.25, -0.2) is 0 Å². The maximum Gasteiger partial charge on any atom is 0.418 e. The smallest absolute Gasteiger partial charge is 0.398 e. The summed E-state index contributed by atoms with van der Waals surface area (Å²) in [6.45, 7) is 0.0845. The van der Waals surface area contributed by atoms with E-state index in [0.717, 1.165) is 6.07 Å². The highest BCUT2D eigenvalue weighted by atomic mass is 19.4. The predicted molar refractivity (Wildman–Crippen MR) is 51.8 cm³/mol. The lowest BCUT2D eigenvalue weighted by atomic mass is 10.0. The zero-order chi connectivity index (χ0) is 11.6. The second-order valence-electron chi connectivity index (χ2n) is 3.19. The number of nitrogen functional groups attached to an aromatic ring is 1. The second kappa shape index (κ2) is 4.08. The van der Waals surface area contributed by atoms with Crippen molar-refractivity contribution < 1.29 is 13.2 Å². The Bertz CT molecular complexity index is 349. The molecule has 0 bridgehead atoms. The molecule has 0 saturated heterocycles. The van der Waals surface area contributed by atoms with E-state index in [0.29, 0.717) is 5.56 Å². The summed E-state index contributed by atoms with van der Waals surface area (Å²) in [5, 5.41) is 0. The van der Waals surface area contributed by atoms with Crippen LogP contribution in [0.15, 0.2) is 18.2 Å². The van der Waals surface area contributed by atoms with Gasteiger partial charge in [0.1, 0.15) is 0 Å². The molecular weight excluding hydrogens is 207 g/mol. The van der Waals surface area contributed by atoms with E-state index in [2.05, 4.69) is 0 Å². The van der Waals surface area contributed by atoms with Crippen LogP contribution in [-0.2, 0) is 6.18 Å². The van der Waals surface area contributed by atoms with Crippen LogP contribution in [0.2, 0.25) is 0 Å². The summed E-state index contributed by atoms with van der Waals surface area (Å²) in [6, 6.07) is 2.97. The van der Waals surface area contributed by atoms with Gasteiger partial charge in [-0.1, -0.05) is 6.07 Å². The fraction of sp³-hybridized carbons (Fsp3) is 0.333. The SMILES string of the molecule is NC[C@H](N)c1ccc(N)c(C(F)(F)F)c1. The van der Waals surface area contributed by atoms with Gasteiger partial charge in [-0.05, 0) is 17.7 Å². The average Bonchev–Trinajstić information content (AvgIpc) is 2.15. The van der Waals surface area contributed by atoms with E-state index in [-0.39, 0.29) is 12.2 Å². The first-order valence-electron chi connectivity index (χ1n) is 4.28. The first kappa shape index (κ1) is 11.8. The van der Waals surface area contributed by atoms with Gasteiger partial charge >= 0.3 is 6.18 Å². The van der Waals surface area contributed by atoms with E-state index in [9.17, 15) is 13.2 Å². The molecule has 0 fully saturated rings. The Labute approximate surface area is 85.0 Å². The molecule has 0 aliphatic carbocycles. The summed E-state index contributed by atoms with van der Waals surface area (Å²) in [5.41, 5.74) is 15.2. The number of alkyl halides is 3. The van der Waals surface area contributed by atoms with Crippen LogP contribution in [0, 0.1) is 0 Å². The van der Waals surface area contributed by atoms with Gasteiger partial charge in [0.2, 0.25) is 0 Å². The van der Waals surface area contributed by atoms with E-state index in [1.54, 1.807) is 0 Å². The molecule has 6 N–H and O–H groups in total. The van der Waals surface area contributed by atoms with Crippen LogP contribution in [0.25, 0.3) is 0 Å². The third-order valence-electron chi connectivity index (χ3n) is 2.06. The Hall–Kier alpha value is -1.27. The van der Waals surface area contributed by atoms with Gasteiger partial charge in [-0.15, -0.1) is 0 Å². The lowest BCUT2D eigenvalue weighted by Crippen LogP contribution is -2.21. The van der Waals surface area contributed by atoms with Crippen molar-refractivity contribution in [3.05, 3.63) is 29.3 Å². The van der Waals surface area contributed by atoms with Crippen LogP contribution in [0.1, 0.15) is 17.2 Å². The summed E-state index contributed by atoms with van der Waals surface area (Å²) in [6.07, 6.45) is -4.46. The highest BCUT2D eigenvalue weighted by Crippen LogP contribution is 2.34. The molecule has 0 amide bonds. The fourth-order valence-electron chi connectivity index (χ4n) is 1.19. The summed E-state index contributed by atoms with van der Waals surface area (Å²) in [5.74, 6) is 0. The third kappa shape index (κ3) is 2.60. The molecule has 0 aromatic heterocycles. The normalized spacial score (nSPS) is 13.9. The standard InChI is InChI=1S/C9H12F3N3/c10-9(11,12)6-3-5(8(15)4-13)1-2-7(6)14/h1-3,8H,4,13-15H2/t8-/m0/s1. The number of anilines is 1. The maximum atomic E-state index is 12.4. The van der Waals surface area contributed by atoms with Gasteiger partial charge in [0.05, 0.1) is 5.56 Å². The molecule has 1 rings (SSSR count). The molecule has 84 valence electrons. The Kier molecular flexibility index (Phi) is 3.21. The molecule has 0 aliphatic heterocycles. The summed E-state index contributed by atoms with van der Waals surface area (Å²) >= 11 is 0.